The molecule has 4 nitrogen and oxygen atoms in total. The normalized spacial score (nSPS) is 22.4. The van der Waals surface area contributed by atoms with Gasteiger partial charge in [0.2, 0.25) is 0 Å². The van der Waals surface area contributed by atoms with Gasteiger partial charge in [-0.25, -0.2) is 9.78 Å². The Morgan fingerprint density at radius 1 is 1.30 bits per heavy atom. The fourth-order valence-electron chi connectivity index (χ4n) is 3.33. The van der Waals surface area contributed by atoms with E-state index in [9.17, 15) is 9.90 Å². The molecule has 1 unspecified atom stereocenters. The lowest BCUT2D eigenvalue weighted by Crippen LogP contribution is -2.27. The molecule has 0 aromatic carbocycles. The third-order valence-corrected chi connectivity index (χ3v) is 4.58. The van der Waals surface area contributed by atoms with Gasteiger partial charge in [-0.15, -0.1) is 0 Å². The number of aromatic carboxylic acids is 1. The van der Waals surface area contributed by atoms with Crippen LogP contribution in [0, 0.1) is 5.92 Å². The molecule has 2 heterocycles. The number of anilines is 1. The third kappa shape index (κ3) is 2.51. The number of aryl methyl sites for hydroxylation is 2. The molecule has 0 amide bonds. The molecule has 2 aliphatic rings. The topological polar surface area (TPSA) is 53.4 Å². The van der Waals surface area contributed by atoms with E-state index in [2.05, 4.69) is 11.8 Å². The Balaban J connectivity index is 1.96. The van der Waals surface area contributed by atoms with Crippen molar-refractivity contribution in [1.29, 1.82) is 0 Å². The second kappa shape index (κ2) is 5.43. The summed E-state index contributed by atoms with van der Waals surface area (Å²) in [6.07, 6.45) is 6.54. The number of nitrogens with zero attached hydrogens (tertiary/aromatic N) is 2. The van der Waals surface area contributed by atoms with Crippen LogP contribution in [0.2, 0.25) is 0 Å². The van der Waals surface area contributed by atoms with E-state index in [-0.39, 0.29) is 0 Å². The first-order valence-electron chi connectivity index (χ1n) is 7.66. The molecule has 1 saturated heterocycles. The summed E-state index contributed by atoms with van der Waals surface area (Å²) in [5, 5.41) is 9.48. The largest absolute Gasteiger partial charge is 0.478 e. The Kier molecular flexibility index (Phi) is 3.64. The van der Waals surface area contributed by atoms with Crippen molar-refractivity contribution >= 4 is 11.8 Å². The molecule has 1 atom stereocenters. The molecule has 4 heteroatoms. The highest BCUT2D eigenvalue weighted by Crippen LogP contribution is 2.29. The minimum Gasteiger partial charge on any atom is -0.478 e. The average Bonchev–Trinajstić information content (AvgIpc) is 2.77. The number of pyridine rings is 1. The first kappa shape index (κ1) is 13.4. The summed E-state index contributed by atoms with van der Waals surface area (Å²) in [5.41, 5.74) is 2.64. The first-order valence-corrected chi connectivity index (χ1v) is 7.66. The van der Waals surface area contributed by atoms with Crippen molar-refractivity contribution in [3.8, 4) is 0 Å². The van der Waals surface area contributed by atoms with E-state index >= 15 is 0 Å². The average molecular weight is 274 g/mol. The van der Waals surface area contributed by atoms with Gasteiger partial charge in [0, 0.05) is 18.8 Å². The van der Waals surface area contributed by atoms with Crippen molar-refractivity contribution < 1.29 is 9.90 Å². The van der Waals surface area contributed by atoms with E-state index in [4.69, 9.17) is 4.98 Å². The van der Waals surface area contributed by atoms with Crippen LogP contribution in [-0.4, -0.2) is 29.1 Å². The van der Waals surface area contributed by atoms with Crippen molar-refractivity contribution in [2.24, 2.45) is 5.92 Å². The summed E-state index contributed by atoms with van der Waals surface area (Å²) in [4.78, 5) is 18.4. The van der Waals surface area contributed by atoms with Gasteiger partial charge in [-0.2, -0.15) is 0 Å². The van der Waals surface area contributed by atoms with Crippen molar-refractivity contribution in [1.82, 2.24) is 4.98 Å². The van der Waals surface area contributed by atoms with Gasteiger partial charge in [-0.1, -0.05) is 6.92 Å². The number of aromatic nitrogens is 1. The Morgan fingerprint density at radius 3 is 2.95 bits per heavy atom. The minimum atomic E-state index is -0.848. The van der Waals surface area contributed by atoms with Crippen LogP contribution in [0.25, 0.3) is 0 Å². The lowest BCUT2D eigenvalue weighted by atomic mass is 10.0. The fraction of sp³-hybridized carbons (Fsp3) is 0.625. The molecule has 1 aliphatic carbocycles. The van der Waals surface area contributed by atoms with Crippen molar-refractivity contribution in [2.45, 2.75) is 45.4 Å². The Bertz CT molecular complexity index is 527. The van der Waals surface area contributed by atoms with E-state index < -0.39 is 5.97 Å². The molecule has 1 N–H and O–H groups in total. The predicted octanol–water partition coefficient (Wildman–Crippen LogP) is 2.89. The number of rotatable bonds is 2. The van der Waals surface area contributed by atoms with Crippen molar-refractivity contribution in [3.63, 3.8) is 0 Å². The lowest BCUT2D eigenvalue weighted by molar-refractivity contribution is 0.0697. The second-order valence-electron chi connectivity index (χ2n) is 6.15. The zero-order chi connectivity index (χ0) is 14.1. The van der Waals surface area contributed by atoms with Gasteiger partial charge < -0.3 is 10.0 Å². The summed E-state index contributed by atoms with van der Waals surface area (Å²) in [6, 6.07) is 1.86. The van der Waals surface area contributed by atoms with E-state index in [0.29, 0.717) is 11.4 Å². The van der Waals surface area contributed by atoms with E-state index in [1.54, 1.807) is 0 Å². The number of carboxylic acid groups (broad SMARTS) is 1. The van der Waals surface area contributed by atoms with Crippen LogP contribution >= 0.6 is 0 Å². The van der Waals surface area contributed by atoms with Crippen LogP contribution in [0.3, 0.4) is 0 Å². The number of carbonyl (C=O) groups is 1. The molecule has 0 bridgehead atoms. The maximum absolute atomic E-state index is 11.5. The lowest BCUT2D eigenvalue weighted by Gasteiger charge is -2.24. The minimum absolute atomic E-state index is 0.389. The van der Waals surface area contributed by atoms with Gasteiger partial charge in [-0.05, 0) is 56.1 Å². The van der Waals surface area contributed by atoms with E-state index in [1.807, 2.05) is 6.07 Å². The third-order valence-electron chi connectivity index (χ3n) is 4.58. The molecule has 0 radical (unpaired) electrons. The Hall–Kier alpha value is -1.58. The zero-order valence-corrected chi connectivity index (χ0v) is 12.1. The Morgan fingerprint density at radius 2 is 2.15 bits per heavy atom. The van der Waals surface area contributed by atoms with E-state index in [1.165, 1.54) is 6.42 Å². The number of fused-ring (bicyclic) bond motifs is 1. The number of carboxylic acids is 1. The van der Waals surface area contributed by atoms with Crippen LogP contribution in [0.5, 0.6) is 0 Å². The summed E-state index contributed by atoms with van der Waals surface area (Å²) < 4.78 is 0. The van der Waals surface area contributed by atoms with Crippen LogP contribution in [0.15, 0.2) is 6.07 Å². The molecule has 3 rings (SSSR count). The zero-order valence-electron chi connectivity index (χ0n) is 12.1. The number of hydrogen-bond donors (Lipinski definition) is 1. The van der Waals surface area contributed by atoms with Crippen LogP contribution in [0.4, 0.5) is 5.82 Å². The molecule has 20 heavy (non-hydrogen) atoms. The van der Waals surface area contributed by atoms with Gasteiger partial charge in [0.15, 0.2) is 0 Å². The molecular formula is C16H22N2O2. The van der Waals surface area contributed by atoms with Crippen LogP contribution in [0.1, 0.15) is 54.2 Å². The standard InChI is InChI=1S/C16H22N2O2/c1-11-4-3-8-18(9-7-11)15-13(16(19)20)10-12-5-2-6-14(12)17-15/h10-11H,2-9H2,1H3,(H,19,20). The summed E-state index contributed by atoms with van der Waals surface area (Å²) >= 11 is 0. The second-order valence-corrected chi connectivity index (χ2v) is 6.15. The monoisotopic (exact) mass is 274 g/mol. The van der Waals surface area contributed by atoms with Crippen LogP contribution in [-0.2, 0) is 12.8 Å². The molecule has 1 aliphatic heterocycles. The molecule has 108 valence electrons. The fourth-order valence-corrected chi connectivity index (χ4v) is 3.33. The quantitative estimate of drug-likeness (QED) is 0.901. The Labute approximate surface area is 119 Å². The van der Waals surface area contributed by atoms with Crippen LogP contribution < -0.4 is 4.90 Å². The molecule has 0 saturated carbocycles. The number of hydrogen-bond acceptors (Lipinski definition) is 3. The highest BCUT2D eigenvalue weighted by atomic mass is 16.4. The first-order chi connectivity index (χ1) is 9.65. The summed E-state index contributed by atoms with van der Waals surface area (Å²) in [7, 11) is 0. The van der Waals surface area contributed by atoms with Gasteiger partial charge in [0.1, 0.15) is 11.4 Å². The predicted molar refractivity (Wildman–Crippen MR) is 78.4 cm³/mol. The van der Waals surface area contributed by atoms with Crippen molar-refractivity contribution in [3.05, 3.63) is 22.9 Å². The van der Waals surface area contributed by atoms with Gasteiger partial charge in [-0.3, -0.25) is 0 Å². The summed E-state index contributed by atoms with van der Waals surface area (Å²) in [5.74, 6) is 0.578. The van der Waals surface area contributed by atoms with Gasteiger partial charge in [0.05, 0.1) is 0 Å². The molecule has 1 aromatic rings. The maximum atomic E-state index is 11.5. The summed E-state index contributed by atoms with van der Waals surface area (Å²) in [6.45, 7) is 4.13. The molecular weight excluding hydrogens is 252 g/mol. The smallest absolute Gasteiger partial charge is 0.339 e. The molecule has 0 spiro atoms. The highest BCUT2D eigenvalue weighted by Gasteiger charge is 2.24. The molecule has 1 aromatic heterocycles. The molecule has 1 fully saturated rings. The highest BCUT2D eigenvalue weighted by molar-refractivity contribution is 5.93. The maximum Gasteiger partial charge on any atom is 0.339 e. The van der Waals surface area contributed by atoms with Gasteiger partial charge in [0.25, 0.3) is 0 Å². The van der Waals surface area contributed by atoms with Gasteiger partial charge >= 0.3 is 5.97 Å². The SMILES string of the molecule is CC1CCCN(c2nc3c(cc2C(=O)O)CCC3)CC1. The van der Waals surface area contributed by atoms with Crippen molar-refractivity contribution in [2.75, 3.05) is 18.0 Å². The van der Waals surface area contributed by atoms with E-state index in [0.717, 1.165) is 62.4 Å².